The van der Waals surface area contributed by atoms with Crippen molar-refractivity contribution in [1.82, 2.24) is 14.8 Å². The average molecular weight is 495 g/mol. The number of hydrogen-bond donors (Lipinski definition) is 1. The topological polar surface area (TPSA) is 95.9 Å². The van der Waals surface area contributed by atoms with Crippen LogP contribution in [0.4, 0.5) is 22.4 Å². The number of benzene rings is 2. The number of amides is 1. The fourth-order valence-electron chi connectivity index (χ4n) is 3.81. The van der Waals surface area contributed by atoms with E-state index >= 15 is 0 Å². The van der Waals surface area contributed by atoms with Crippen molar-refractivity contribution in [3.8, 4) is 0 Å². The fourth-order valence-corrected chi connectivity index (χ4v) is 3.81. The molecule has 2 heterocycles. The van der Waals surface area contributed by atoms with Gasteiger partial charge in [-0.3, -0.25) is 14.7 Å². The number of H-pyrrole nitrogens is 1. The quantitative estimate of drug-likeness (QED) is 0.413. The Hall–Kier alpha value is -3.67. The number of carbonyl (C=O) groups excluding carboxylic acids is 2. The van der Waals surface area contributed by atoms with Gasteiger partial charge in [-0.05, 0) is 42.0 Å². The molecule has 1 aromatic heterocycles. The van der Waals surface area contributed by atoms with E-state index in [0.717, 1.165) is 12.1 Å². The van der Waals surface area contributed by atoms with Gasteiger partial charge in [0.1, 0.15) is 12.4 Å². The number of carbonyl (C=O) groups is 2. The van der Waals surface area contributed by atoms with E-state index < -0.39 is 36.0 Å². The molecule has 3 aromatic rings. The third-order valence-electron chi connectivity index (χ3n) is 5.68. The Morgan fingerprint density at radius 1 is 1.06 bits per heavy atom. The minimum Gasteiger partial charge on any atom is -0.445 e. The van der Waals surface area contributed by atoms with Crippen LogP contribution < -0.4 is 5.76 Å². The molecule has 0 bridgehead atoms. The van der Waals surface area contributed by atoms with E-state index in [1.54, 1.807) is 12.1 Å². The summed E-state index contributed by atoms with van der Waals surface area (Å²) in [6, 6.07) is 6.74. The molecule has 186 valence electrons. The Balaban J connectivity index is 1.23. The van der Waals surface area contributed by atoms with Gasteiger partial charge in [-0.2, -0.15) is 13.2 Å². The molecular weight excluding hydrogens is 474 g/mol. The van der Waals surface area contributed by atoms with E-state index in [1.165, 1.54) is 11.0 Å². The summed E-state index contributed by atoms with van der Waals surface area (Å²) in [5.41, 5.74) is -0.00806. The summed E-state index contributed by atoms with van der Waals surface area (Å²) in [7, 11) is 0. The summed E-state index contributed by atoms with van der Waals surface area (Å²) in [6.45, 7) is 1.55. The molecule has 0 radical (unpaired) electrons. The number of halogens is 4. The Bertz CT molecular complexity index is 1290. The van der Waals surface area contributed by atoms with E-state index in [1.807, 2.05) is 4.90 Å². The highest BCUT2D eigenvalue weighted by atomic mass is 19.4. The first-order chi connectivity index (χ1) is 16.6. The summed E-state index contributed by atoms with van der Waals surface area (Å²) >= 11 is 0. The van der Waals surface area contributed by atoms with Crippen LogP contribution in [0.2, 0.25) is 0 Å². The van der Waals surface area contributed by atoms with E-state index in [2.05, 4.69) is 4.98 Å². The number of Topliss-reactive ketones (excluding diaryl/α,β-unsaturated/α-hetero) is 1. The summed E-state index contributed by atoms with van der Waals surface area (Å²) in [6.07, 6.45) is -5.19. The van der Waals surface area contributed by atoms with Gasteiger partial charge in [0, 0.05) is 44.7 Å². The van der Waals surface area contributed by atoms with Gasteiger partial charge in [-0.15, -0.1) is 0 Å². The van der Waals surface area contributed by atoms with Crippen molar-refractivity contribution in [2.45, 2.75) is 19.2 Å². The lowest BCUT2D eigenvalue weighted by Crippen LogP contribution is -2.49. The van der Waals surface area contributed by atoms with Crippen LogP contribution in [0.25, 0.3) is 11.1 Å². The molecule has 1 N–H and O–H groups in total. The van der Waals surface area contributed by atoms with E-state index in [4.69, 9.17) is 9.15 Å². The number of rotatable bonds is 6. The van der Waals surface area contributed by atoms with E-state index in [9.17, 15) is 31.9 Å². The maximum Gasteiger partial charge on any atom is 0.417 e. The molecule has 1 aliphatic rings. The molecule has 1 aliphatic heterocycles. The summed E-state index contributed by atoms with van der Waals surface area (Å²) in [5, 5.41) is 0. The predicted molar refractivity (Wildman–Crippen MR) is 115 cm³/mol. The SMILES string of the molecule is O=C(CCN1CCN(C(=O)OCc2cc(F)cc(C(F)(F)F)c2)CC1)c1ccc2[nH]c(=O)oc2c1. The van der Waals surface area contributed by atoms with Gasteiger partial charge in [0.25, 0.3) is 0 Å². The van der Waals surface area contributed by atoms with Crippen molar-refractivity contribution < 1.29 is 36.3 Å². The van der Waals surface area contributed by atoms with Crippen LogP contribution in [0.1, 0.15) is 27.9 Å². The van der Waals surface area contributed by atoms with Crippen LogP contribution in [0.5, 0.6) is 0 Å². The molecule has 0 saturated carbocycles. The van der Waals surface area contributed by atoms with E-state index in [-0.39, 0.29) is 17.8 Å². The number of ketones is 1. The normalized spacial score (nSPS) is 14.9. The monoisotopic (exact) mass is 495 g/mol. The van der Waals surface area contributed by atoms with Crippen LogP contribution in [0, 0.1) is 5.82 Å². The molecule has 8 nitrogen and oxygen atoms in total. The molecule has 1 fully saturated rings. The lowest BCUT2D eigenvalue weighted by Gasteiger charge is -2.33. The van der Waals surface area contributed by atoms with Crippen LogP contribution >= 0.6 is 0 Å². The summed E-state index contributed by atoms with van der Waals surface area (Å²) < 4.78 is 62.0. The van der Waals surface area contributed by atoms with Gasteiger partial charge < -0.3 is 14.1 Å². The van der Waals surface area contributed by atoms with Crippen molar-refractivity contribution in [2.24, 2.45) is 0 Å². The van der Waals surface area contributed by atoms with Crippen LogP contribution in [0.3, 0.4) is 0 Å². The van der Waals surface area contributed by atoms with Crippen molar-refractivity contribution in [2.75, 3.05) is 32.7 Å². The second-order valence-corrected chi connectivity index (χ2v) is 8.13. The molecule has 1 amide bonds. The third-order valence-corrected chi connectivity index (χ3v) is 5.68. The molecule has 12 heteroatoms. The first-order valence-electron chi connectivity index (χ1n) is 10.8. The molecule has 4 rings (SSSR count). The largest absolute Gasteiger partial charge is 0.445 e. The highest BCUT2D eigenvalue weighted by Gasteiger charge is 2.31. The summed E-state index contributed by atoms with van der Waals surface area (Å²) in [5.74, 6) is -1.78. The minimum atomic E-state index is -4.71. The minimum absolute atomic E-state index is 0.0973. The number of fused-ring (bicyclic) bond motifs is 1. The number of nitrogens with one attached hydrogen (secondary N) is 1. The van der Waals surface area contributed by atoms with Gasteiger partial charge in [0.15, 0.2) is 11.4 Å². The molecular formula is C23H21F4N3O5. The predicted octanol–water partition coefficient (Wildman–Crippen LogP) is 3.81. The molecule has 0 spiro atoms. The Morgan fingerprint density at radius 3 is 2.51 bits per heavy atom. The second kappa shape index (κ2) is 9.90. The van der Waals surface area contributed by atoms with Gasteiger partial charge in [0.05, 0.1) is 11.1 Å². The second-order valence-electron chi connectivity index (χ2n) is 8.13. The number of alkyl halides is 3. The fraction of sp³-hybridized carbons (Fsp3) is 0.348. The zero-order valence-electron chi connectivity index (χ0n) is 18.4. The molecule has 0 aliphatic carbocycles. The number of aromatic nitrogens is 1. The smallest absolute Gasteiger partial charge is 0.417 e. The van der Waals surface area contributed by atoms with Crippen LogP contribution in [-0.2, 0) is 17.5 Å². The number of oxazole rings is 1. The zero-order chi connectivity index (χ0) is 25.2. The van der Waals surface area contributed by atoms with Gasteiger partial charge >= 0.3 is 18.0 Å². The van der Waals surface area contributed by atoms with Crippen molar-refractivity contribution in [3.63, 3.8) is 0 Å². The molecule has 2 aromatic carbocycles. The van der Waals surface area contributed by atoms with Gasteiger partial charge in [-0.1, -0.05) is 0 Å². The van der Waals surface area contributed by atoms with Crippen molar-refractivity contribution >= 4 is 23.0 Å². The average Bonchev–Trinajstić information content (AvgIpc) is 3.19. The lowest BCUT2D eigenvalue weighted by atomic mass is 10.1. The lowest BCUT2D eigenvalue weighted by molar-refractivity contribution is -0.137. The molecule has 1 saturated heterocycles. The molecule has 35 heavy (non-hydrogen) atoms. The maximum atomic E-state index is 13.5. The maximum absolute atomic E-state index is 13.5. The highest BCUT2D eigenvalue weighted by Crippen LogP contribution is 2.30. The Labute approximate surface area is 196 Å². The first-order valence-corrected chi connectivity index (χ1v) is 10.8. The van der Waals surface area contributed by atoms with Crippen molar-refractivity contribution in [3.05, 3.63) is 69.5 Å². The standard InChI is InChI=1S/C23H21F4N3O5/c24-17-10-14(9-16(12-17)23(25,26)27)13-34-22(33)30-7-5-29(6-8-30)4-3-19(31)15-1-2-18-20(11-15)35-21(32)28-18/h1-2,9-12H,3-8,13H2,(H,28,32). The Kier molecular flexibility index (Phi) is 6.92. The number of hydrogen-bond acceptors (Lipinski definition) is 6. The third kappa shape index (κ3) is 6.07. The number of aromatic amines is 1. The molecule has 0 atom stereocenters. The van der Waals surface area contributed by atoms with Gasteiger partial charge in [-0.25, -0.2) is 14.0 Å². The highest BCUT2D eigenvalue weighted by molar-refractivity contribution is 5.98. The van der Waals surface area contributed by atoms with Crippen LogP contribution in [0.15, 0.2) is 45.6 Å². The van der Waals surface area contributed by atoms with Gasteiger partial charge in [0.2, 0.25) is 0 Å². The van der Waals surface area contributed by atoms with E-state index in [0.29, 0.717) is 55.5 Å². The number of nitrogens with zero attached hydrogens (tertiary/aromatic N) is 2. The first kappa shape index (κ1) is 24.5. The van der Waals surface area contributed by atoms with Crippen LogP contribution in [-0.4, -0.2) is 59.4 Å². The number of piperazine rings is 1. The molecule has 0 unspecified atom stereocenters. The summed E-state index contributed by atoms with van der Waals surface area (Å²) in [4.78, 5) is 41.9. The Morgan fingerprint density at radius 2 is 1.80 bits per heavy atom. The van der Waals surface area contributed by atoms with Crippen molar-refractivity contribution in [1.29, 1.82) is 0 Å². The zero-order valence-corrected chi connectivity index (χ0v) is 18.4. The number of ether oxygens (including phenoxy) is 1.